The second-order valence-corrected chi connectivity index (χ2v) is 3.77. The molecule has 1 aromatic rings. The highest BCUT2D eigenvalue weighted by atomic mass is 19.1. The second-order valence-electron chi connectivity index (χ2n) is 3.77. The summed E-state index contributed by atoms with van der Waals surface area (Å²) < 4.78 is 18.4. The van der Waals surface area contributed by atoms with Crippen LogP contribution in [-0.2, 0) is 0 Å². The Balaban J connectivity index is 3.07. The molecule has 0 aliphatic heterocycles. The minimum atomic E-state index is -0.353. The first-order chi connectivity index (χ1) is 7.11. The Hall–Kier alpha value is -1.09. The van der Waals surface area contributed by atoms with E-state index in [1.54, 1.807) is 6.07 Å². The highest BCUT2D eigenvalue weighted by molar-refractivity contribution is 5.37. The molecule has 0 amide bonds. The maximum atomic E-state index is 13.4. The summed E-state index contributed by atoms with van der Waals surface area (Å²) in [4.78, 5) is 0. The summed E-state index contributed by atoms with van der Waals surface area (Å²) >= 11 is 0. The molecule has 3 heteroatoms. The van der Waals surface area contributed by atoms with Crippen molar-refractivity contribution in [3.8, 4) is 5.75 Å². The molecule has 2 atom stereocenters. The van der Waals surface area contributed by atoms with E-state index < -0.39 is 0 Å². The van der Waals surface area contributed by atoms with Crippen molar-refractivity contribution in [2.45, 2.75) is 26.3 Å². The molecule has 0 saturated heterocycles. The minimum absolute atomic E-state index is 0.180. The number of ether oxygens (including phenoxy) is 1. The van der Waals surface area contributed by atoms with Crippen LogP contribution in [0.5, 0.6) is 5.75 Å². The Kier molecular flexibility index (Phi) is 4.09. The van der Waals surface area contributed by atoms with Gasteiger partial charge in [-0.2, -0.15) is 0 Å². The molecule has 1 rings (SSSR count). The first-order valence-corrected chi connectivity index (χ1v) is 5.19. The zero-order valence-corrected chi connectivity index (χ0v) is 9.46. The van der Waals surface area contributed by atoms with E-state index in [1.165, 1.54) is 13.2 Å². The van der Waals surface area contributed by atoms with Gasteiger partial charge in [0.1, 0.15) is 0 Å². The third kappa shape index (κ3) is 2.48. The first kappa shape index (κ1) is 12.0. The smallest absolute Gasteiger partial charge is 0.165 e. The van der Waals surface area contributed by atoms with Crippen molar-refractivity contribution >= 4 is 0 Å². The lowest BCUT2D eigenvalue weighted by Crippen LogP contribution is -2.19. The fourth-order valence-electron chi connectivity index (χ4n) is 1.56. The van der Waals surface area contributed by atoms with Crippen molar-refractivity contribution in [3.63, 3.8) is 0 Å². The number of hydrogen-bond acceptors (Lipinski definition) is 2. The number of hydrogen-bond donors (Lipinski definition) is 1. The highest BCUT2D eigenvalue weighted by Gasteiger charge is 2.19. The van der Waals surface area contributed by atoms with Crippen LogP contribution in [-0.4, -0.2) is 7.11 Å². The van der Waals surface area contributed by atoms with Gasteiger partial charge in [-0.1, -0.05) is 32.4 Å². The fraction of sp³-hybridized carbons (Fsp3) is 0.500. The number of benzene rings is 1. The number of halogens is 1. The fourth-order valence-corrected chi connectivity index (χ4v) is 1.56. The number of rotatable bonds is 4. The maximum absolute atomic E-state index is 13.4. The molecule has 2 N–H and O–H groups in total. The van der Waals surface area contributed by atoms with Crippen LogP contribution in [0.1, 0.15) is 31.9 Å². The lowest BCUT2D eigenvalue weighted by molar-refractivity contribution is 0.365. The van der Waals surface area contributed by atoms with Crippen molar-refractivity contribution in [1.82, 2.24) is 0 Å². The number of nitrogens with two attached hydrogens (primary N) is 1. The quantitative estimate of drug-likeness (QED) is 0.831. The van der Waals surface area contributed by atoms with Gasteiger partial charge in [0.15, 0.2) is 11.6 Å². The zero-order valence-electron chi connectivity index (χ0n) is 9.46. The van der Waals surface area contributed by atoms with E-state index in [-0.39, 0.29) is 17.6 Å². The molecular weight excluding hydrogens is 193 g/mol. The molecule has 0 aliphatic carbocycles. The van der Waals surface area contributed by atoms with Crippen molar-refractivity contribution < 1.29 is 9.13 Å². The third-order valence-corrected chi connectivity index (χ3v) is 2.82. The molecule has 0 aliphatic rings. The van der Waals surface area contributed by atoms with Gasteiger partial charge in [0.05, 0.1) is 7.11 Å². The van der Waals surface area contributed by atoms with Gasteiger partial charge in [-0.05, 0) is 12.0 Å². The van der Waals surface area contributed by atoms with E-state index in [0.717, 1.165) is 12.0 Å². The van der Waals surface area contributed by atoms with E-state index in [4.69, 9.17) is 10.5 Å². The molecule has 0 saturated carbocycles. The summed E-state index contributed by atoms with van der Waals surface area (Å²) in [6.07, 6.45) is 0.959. The van der Waals surface area contributed by atoms with E-state index >= 15 is 0 Å². The molecular formula is C12H18FNO. The molecule has 0 bridgehead atoms. The van der Waals surface area contributed by atoms with Gasteiger partial charge in [0, 0.05) is 11.6 Å². The van der Waals surface area contributed by atoms with Gasteiger partial charge < -0.3 is 10.5 Å². The van der Waals surface area contributed by atoms with E-state index in [1.807, 2.05) is 6.07 Å². The van der Waals surface area contributed by atoms with Gasteiger partial charge in [0.2, 0.25) is 0 Å². The molecule has 0 spiro atoms. The summed E-state index contributed by atoms with van der Waals surface area (Å²) in [6, 6.07) is 4.68. The van der Waals surface area contributed by atoms with Crippen LogP contribution in [0.2, 0.25) is 0 Å². The Bertz CT molecular complexity index is 327. The Morgan fingerprint density at radius 3 is 2.67 bits per heavy atom. The lowest BCUT2D eigenvalue weighted by atomic mass is 9.92. The number of para-hydroxylation sites is 1. The topological polar surface area (TPSA) is 35.2 Å². The summed E-state index contributed by atoms with van der Waals surface area (Å²) in [7, 11) is 1.46. The standard InChI is InChI=1S/C12H18FNO/c1-4-8(2)11(14)9-6-5-7-10(13)12(9)15-3/h5-8,11H,4,14H2,1-3H3/t8?,11-/m1/s1. The van der Waals surface area contributed by atoms with Gasteiger partial charge in [0.25, 0.3) is 0 Å². The summed E-state index contributed by atoms with van der Waals surface area (Å²) in [6.45, 7) is 4.12. The minimum Gasteiger partial charge on any atom is -0.493 e. The predicted molar refractivity (Wildman–Crippen MR) is 59.3 cm³/mol. The number of methoxy groups -OCH3 is 1. The highest BCUT2D eigenvalue weighted by Crippen LogP contribution is 2.31. The average molecular weight is 211 g/mol. The molecule has 84 valence electrons. The molecule has 1 unspecified atom stereocenters. The van der Waals surface area contributed by atoms with Crippen LogP contribution in [0.15, 0.2) is 18.2 Å². The molecule has 0 aromatic heterocycles. The van der Waals surface area contributed by atoms with Gasteiger partial charge in [-0.3, -0.25) is 0 Å². The van der Waals surface area contributed by atoms with Crippen LogP contribution in [0, 0.1) is 11.7 Å². The van der Waals surface area contributed by atoms with E-state index in [2.05, 4.69) is 13.8 Å². The molecule has 0 fully saturated rings. The molecule has 0 radical (unpaired) electrons. The Labute approximate surface area is 90.2 Å². The molecule has 2 nitrogen and oxygen atoms in total. The van der Waals surface area contributed by atoms with Crippen molar-refractivity contribution in [2.24, 2.45) is 11.7 Å². The normalized spacial score (nSPS) is 14.7. The van der Waals surface area contributed by atoms with Gasteiger partial charge >= 0.3 is 0 Å². The van der Waals surface area contributed by atoms with E-state index in [9.17, 15) is 4.39 Å². The monoisotopic (exact) mass is 211 g/mol. The Morgan fingerprint density at radius 1 is 1.47 bits per heavy atom. The van der Waals surface area contributed by atoms with Crippen LogP contribution < -0.4 is 10.5 Å². The second kappa shape index (κ2) is 5.12. The lowest BCUT2D eigenvalue weighted by Gasteiger charge is -2.21. The Morgan fingerprint density at radius 2 is 2.13 bits per heavy atom. The third-order valence-electron chi connectivity index (χ3n) is 2.82. The SMILES string of the molecule is CCC(C)[C@@H](N)c1cccc(F)c1OC. The van der Waals surface area contributed by atoms with Crippen LogP contribution in [0.3, 0.4) is 0 Å². The zero-order chi connectivity index (χ0) is 11.4. The molecule has 15 heavy (non-hydrogen) atoms. The maximum Gasteiger partial charge on any atom is 0.165 e. The van der Waals surface area contributed by atoms with Crippen molar-refractivity contribution in [1.29, 1.82) is 0 Å². The van der Waals surface area contributed by atoms with Gasteiger partial charge in [-0.25, -0.2) is 4.39 Å². The summed E-state index contributed by atoms with van der Waals surface area (Å²) in [5, 5.41) is 0. The van der Waals surface area contributed by atoms with E-state index in [0.29, 0.717) is 5.92 Å². The average Bonchev–Trinajstić information content (AvgIpc) is 2.26. The predicted octanol–water partition coefficient (Wildman–Crippen LogP) is 2.88. The molecule has 1 aromatic carbocycles. The van der Waals surface area contributed by atoms with Crippen LogP contribution in [0.4, 0.5) is 4.39 Å². The summed E-state index contributed by atoms with van der Waals surface area (Å²) in [5.74, 6) is 0.222. The van der Waals surface area contributed by atoms with Crippen molar-refractivity contribution in [3.05, 3.63) is 29.6 Å². The first-order valence-electron chi connectivity index (χ1n) is 5.19. The van der Waals surface area contributed by atoms with Crippen molar-refractivity contribution in [2.75, 3.05) is 7.11 Å². The van der Waals surface area contributed by atoms with Crippen LogP contribution in [0.25, 0.3) is 0 Å². The van der Waals surface area contributed by atoms with Crippen LogP contribution >= 0.6 is 0 Å². The molecule has 0 heterocycles. The summed E-state index contributed by atoms with van der Waals surface area (Å²) in [5.41, 5.74) is 6.79. The largest absolute Gasteiger partial charge is 0.493 e. The van der Waals surface area contributed by atoms with Gasteiger partial charge in [-0.15, -0.1) is 0 Å².